The van der Waals surface area contributed by atoms with Gasteiger partial charge in [-0.3, -0.25) is 0 Å². The zero-order chi connectivity index (χ0) is 17.6. The number of amidine groups is 1. The number of rotatable bonds is 1. The average molecular weight is 332 g/mol. The average Bonchev–Trinajstić information content (AvgIpc) is 2.52. The van der Waals surface area contributed by atoms with Gasteiger partial charge in [0.15, 0.2) is 0 Å². The van der Waals surface area contributed by atoms with Crippen LogP contribution in [0, 0.1) is 5.41 Å². The van der Waals surface area contributed by atoms with Crippen molar-refractivity contribution in [1.82, 2.24) is 4.90 Å². The summed E-state index contributed by atoms with van der Waals surface area (Å²) in [7, 11) is 0. The van der Waals surface area contributed by atoms with Gasteiger partial charge in [-0.2, -0.15) is 13.2 Å². The normalized spacial score (nSPS) is 23.7. The number of alkyl halides is 3. The van der Waals surface area contributed by atoms with Gasteiger partial charge in [0.05, 0.1) is 0 Å². The number of aliphatic imine (C=N–C) groups is 1. The lowest BCUT2D eigenvalue weighted by molar-refractivity contribution is -0.175. The van der Waals surface area contributed by atoms with E-state index in [4.69, 9.17) is 0 Å². The third-order valence-electron chi connectivity index (χ3n) is 4.15. The molecule has 0 spiro atoms. The number of benzene rings is 1. The second kappa shape index (κ2) is 5.36. The van der Waals surface area contributed by atoms with E-state index in [9.17, 15) is 13.2 Å². The van der Waals surface area contributed by atoms with Gasteiger partial charge in [-0.05, 0) is 23.8 Å². The number of allylic oxidation sites excluding steroid dienone is 3. The molecular weight excluding hydrogens is 313 g/mol. The van der Waals surface area contributed by atoms with Gasteiger partial charge in [0, 0.05) is 17.3 Å². The van der Waals surface area contributed by atoms with Gasteiger partial charge in [0.25, 0.3) is 0 Å². The SMILES string of the molecule is CC(C)(C)C1=CC(c2ccccc2)(C(F)(F)F)N=C2C=CC=CN12. The van der Waals surface area contributed by atoms with E-state index in [-0.39, 0.29) is 5.56 Å². The van der Waals surface area contributed by atoms with Crippen LogP contribution in [0.3, 0.4) is 0 Å². The van der Waals surface area contributed by atoms with Crippen molar-refractivity contribution in [3.8, 4) is 0 Å². The molecule has 1 atom stereocenters. The van der Waals surface area contributed by atoms with Crippen LogP contribution in [0.4, 0.5) is 13.2 Å². The quantitative estimate of drug-likeness (QED) is 0.692. The summed E-state index contributed by atoms with van der Waals surface area (Å²) in [5.74, 6) is 0.297. The molecule has 0 N–H and O–H groups in total. The Labute approximate surface area is 139 Å². The number of hydrogen-bond donors (Lipinski definition) is 0. The van der Waals surface area contributed by atoms with Crippen molar-refractivity contribution in [2.24, 2.45) is 10.4 Å². The van der Waals surface area contributed by atoms with Crippen LogP contribution in [0.15, 0.2) is 71.5 Å². The molecule has 1 aromatic rings. The molecule has 2 nitrogen and oxygen atoms in total. The van der Waals surface area contributed by atoms with E-state index in [0.717, 1.165) is 0 Å². The molecule has 0 amide bonds. The Morgan fingerprint density at radius 3 is 2.25 bits per heavy atom. The Morgan fingerprint density at radius 2 is 1.67 bits per heavy atom. The van der Waals surface area contributed by atoms with Crippen molar-refractivity contribution in [2.45, 2.75) is 32.5 Å². The topological polar surface area (TPSA) is 15.6 Å². The first-order valence-electron chi connectivity index (χ1n) is 7.75. The number of nitrogens with zero attached hydrogens (tertiary/aromatic N) is 2. The first-order valence-corrected chi connectivity index (χ1v) is 7.75. The fraction of sp³-hybridized carbons (Fsp3) is 0.316. The molecule has 0 saturated heterocycles. The third kappa shape index (κ3) is 2.58. The minimum absolute atomic E-state index is 0.120. The second-order valence-electron chi connectivity index (χ2n) is 6.95. The molecule has 1 aromatic carbocycles. The van der Waals surface area contributed by atoms with Crippen LogP contribution < -0.4 is 0 Å². The van der Waals surface area contributed by atoms with E-state index in [0.29, 0.717) is 11.5 Å². The number of halogens is 3. The Balaban J connectivity index is 2.31. The van der Waals surface area contributed by atoms with Gasteiger partial charge in [0.2, 0.25) is 5.54 Å². The predicted molar refractivity (Wildman–Crippen MR) is 89.3 cm³/mol. The highest BCUT2D eigenvalue weighted by Crippen LogP contribution is 2.49. The predicted octanol–water partition coefficient (Wildman–Crippen LogP) is 5.17. The van der Waals surface area contributed by atoms with E-state index in [1.807, 2.05) is 20.8 Å². The highest BCUT2D eigenvalue weighted by molar-refractivity contribution is 5.97. The highest BCUT2D eigenvalue weighted by Gasteiger charge is 2.57. The van der Waals surface area contributed by atoms with Crippen LogP contribution in [0.1, 0.15) is 26.3 Å². The summed E-state index contributed by atoms with van der Waals surface area (Å²) in [5.41, 5.74) is -2.15. The fourth-order valence-corrected chi connectivity index (χ4v) is 2.94. The molecule has 0 fully saturated rings. The largest absolute Gasteiger partial charge is 0.421 e. The lowest BCUT2D eigenvalue weighted by Crippen LogP contribution is -2.47. The summed E-state index contributed by atoms with van der Waals surface area (Å²) in [5, 5.41) is 0. The van der Waals surface area contributed by atoms with Gasteiger partial charge in [-0.15, -0.1) is 0 Å². The molecule has 24 heavy (non-hydrogen) atoms. The maximum Gasteiger partial charge on any atom is 0.421 e. The zero-order valence-corrected chi connectivity index (χ0v) is 13.8. The van der Waals surface area contributed by atoms with Crippen molar-refractivity contribution in [2.75, 3.05) is 0 Å². The molecule has 0 bridgehead atoms. The van der Waals surface area contributed by atoms with Gasteiger partial charge in [0.1, 0.15) is 5.84 Å². The summed E-state index contributed by atoms with van der Waals surface area (Å²) < 4.78 is 42.6. The molecule has 2 aliphatic rings. The van der Waals surface area contributed by atoms with Crippen molar-refractivity contribution >= 4 is 5.84 Å². The second-order valence-corrected chi connectivity index (χ2v) is 6.95. The standard InChI is InChI=1S/C19H19F3N2/c1-17(2,3)15-13-18(19(20,21)22,14-9-5-4-6-10-14)23-16-11-7-8-12-24(15)16/h4-13H,1-3H3. The summed E-state index contributed by atoms with van der Waals surface area (Å²) in [4.78, 5) is 5.87. The third-order valence-corrected chi connectivity index (χ3v) is 4.15. The fourth-order valence-electron chi connectivity index (χ4n) is 2.94. The van der Waals surface area contributed by atoms with Crippen molar-refractivity contribution in [3.05, 3.63) is 72.1 Å². The molecule has 0 aliphatic carbocycles. The van der Waals surface area contributed by atoms with Crippen LogP contribution in [-0.2, 0) is 5.54 Å². The van der Waals surface area contributed by atoms with Gasteiger partial charge in [-0.1, -0.05) is 57.2 Å². The molecule has 2 heterocycles. The Morgan fingerprint density at radius 1 is 1.00 bits per heavy atom. The van der Waals surface area contributed by atoms with Gasteiger partial charge in [-0.25, -0.2) is 4.99 Å². The van der Waals surface area contributed by atoms with E-state index in [2.05, 4.69) is 4.99 Å². The summed E-state index contributed by atoms with van der Waals surface area (Å²) in [6.07, 6.45) is 3.58. The summed E-state index contributed by atoms with van der Waals surface area (Å²) in [6.45, 7) is 5.71. The smallest absolute Gasteiger partial charge is 0.306 e. The minimum atomic E-state index is -4.54. The van der Waals surface area contributed by atoms with Crippen LogP contribution >= 0.6 is 0 Å². The Kier molecular flexibility index (Phi) is 3.70. The van der Waals surface area contributed by atoms with Gasteiger partial charge >= 0.3 is 6.18 Å². The van der Waals surface area contributed by atoms with E-state index in [1.54, 1.807) is 47.5 Å². The van der Waals surface area contributed by atoms with Crippen LogP contribution in [-0.4, -0.2) is 16.9 Å². The number of hydrogen-bond acceptors (Lipinski definition) is 2. The molecule has 2 aliphatic heterocycles. The van der Waals surface area contributed by atoms with E-state index in [1.165, 1.54) is 18.2 Å². The molecule has 3 rings (SSSR count). The lowest BCUT2D eigenvalue weighted by atomic mass is 9.81. The summed E-state index contributed by atoms with van der Waals surface area (Å²) >= 11 is 0. The zero-order valence-electron chi connectivity index (χ0n) is 13.8. The molecule has 5 heteroatoms. The molecule has 1 unspecified atom stereocenters. The Hall–Kier alpha value is -2.30. The van der Waals surface area contributed by atoms with Crippen molar-refractivity contribution < 1.29 is 13.2 Å². The summed E-state index contributed by atoms with van der Waals surface area (Å²) in [6, 6.07) is 7.87. The van der Waals surface area contributed by atoms with Crippen LogP contribution in [0.2, 0.25) is 0 Å². The first-order chi connectivity index (χ1) is 11.2. The molecule has 0 saturated carbocycles. The van der Waals surface area contributed by atoms with Crippen molar-refractivity contribution in [3.63, 3.8) is 0 Å². The highest BCUT2D eigenvalue weighted by atomic mass is 19.4. The van der Waals surface area contributed by atoms with E-state index < -0.39 is 17.1 Å². The monoisotopic (exact) mass is 332 g/mol. The number of fused-ring (bicyclic) bond motifs is 1. The molecule has 0 aromatic heterocycles. The maximum absolute atomic E-state index is 14.2. The lowest BCUT2D eigenvalue weighted by Gasteiger charge is -2.42. The molecule has 0 radical (unpaired) electrons. The van der Waals surface area contributed by atoms with Crippen molar-refractivity contribution in [1.29, 1.82) is 0 Å². The van der Waals surface area contributed by atoms with Gasteiger partial charge < -0.3 is 4.90 Å². The van der Waals surface area contributed by atoms with Crippen LogP contribution in [0.5, 0.6) is 0 Å². The molecule has 126 valence electrons. The minimum Gasteiger partial charge on any atom is -0.306 e. The maximum atomic E-state index is 14.2. The van der Waals surface area contributed by atoms with Crippen LogP contribution in [0.25, 0.3) is 0 Å². The van der Waals surface area contributed by atoms with E-state index >= 15 is 0 Å². The Bertz CT molecular complexity index is 749. The first kappa shape index (κ1) is 16.6. The molecular formula is C19H19F3N2.